The molecule has 1 aliphatic heterocycles. The number of hydrogen-bond acceptors (Lipinski definition) is 9. The number of rotatable bonds is 7. The lowest BCUT2D eigenvalue weighted by Gasteiger charge is -2.29. The highest BCUT2D eigenvalue weighted by Crippen LogP contribution is 2.27. The van der Waals surface area contributed by atoms with Crippen LogP contribution >= 0.6 is 0 Å². The molecule has 0 spiro atoms. The number of ether oxygens (including phenoxy) is 1. The third-order valence-corrected chi connectivity index (χ3v) is 5.71. The first kappa shape index (κ1) is 26.6. The van der Waals surface area contributed by atoms with Gasteiger partial charge >= 0.3 is 0 Å². The Labute approximate surface area is 222 Å². The van der Waals surface area contributed by atoms with Gasteiger partial charge in [-0.2, -0.15) is 4.98 Å². The smallest absolute Gasteiger partial charge is 0.288 e. The average Bonchev–Trinajstić information content (AvgIpc) is 3.50. The first-order valence-corrected chi connectivity index (χ1v) is 12.7. The molecule has 3 aromatic heterocycles. The summed E-state index contributed by atoms with van der Waals surface area (Å²) in [4.78, 5) is 27.9. The summed E-state index contributed by atoms with van der Waals surface area (Å²) in [6.07, 6.45) is 5.00. The van der Waals surface area contributed by atoms with Crippen molar-refractivity contribution in [2.24, 2.45) is 0 Å². The summed E-state index contributed by atoms with van der Waals surface area (Å²) in [5.74, 6) is 1.54. The van der Waals surface area contributed by atoms with Crippen molar-refractivity contribution in [3.05, 3.63) is 77.9 Å². The van der Waals surface area contributed by atoms with Crippen LogP contribution in [0.4, 0.5) is 23.1 Å². The third kappa shape index (κ3) is 6.65. The highest BCUT2D eigenvalue weighted by atomic mass is 16.5. The summed E-state index contributed by atoms with van der Waals surface area (Å²) in [6, 6.07) is 13.3. The van der Waals surface area contributed by atoms with Crippen molar-refractivity contribution in [3.8, 4) is 11.3 Å². The number of nitrogens with zero attached hydrogens (tertiary/aromatic N) is 4. The molecule has 5 rings (SSSR count). The highest BCUT2D eigenvalue weighted by molar-refractivity contribution is 5.93. The van der Waals surface area contributed by atoms with Gasteiger partial charge in [-0.05, 0) is 61.9 Å². The van der Waals surface area contributed by atoms with Gasteiger partial charge in [0.15, 0.2) is 0 Å². The van der Waals surface area contributed by atoms with Gasteiger partial charge in [0, 0.05) is 36.1 Å². The number of nitrogens with one attached hydrogen (secondary N) is 3. The topological polar surface area (TPSA) is 117 Å². The van der Waals surface area contributed by atoms with Gasteiger partial charge in [0.2, 0.25) is 5.95 Å². The van der Waals surface area contributed by atoms with E-state index in [4.69, 9.17) is 9.15 Å². The Morgan fingerprint density at radius 2 is 1.79 bits per heavy atom. The van der Waals surface area contributed by atoms with Crippen LogP contribution in [0.3, 0.4) is 0 Å². The fraction of sp³-hybridized carbons (Fsp3) is 0.286. The van der Waals surface area contributed by atoms with Crippen molar-refractivity contribution in [3.63, 3.8) is 0 Å². The predicted molar refractivity (Wildman–Crippen MR) is 149 cm³/mol. The second-order valence-electron chi connectivity index (χ2n) is 8.50. The molecule has 1 aromatic carbocycles. The quantitative estimate of drug-likeness (QED) is 0.289. The molecular weight excluding hydrogens is 482 g/mol. The van der Waals surface area contributed by atoms with Crippen molar-refractivity contribution < 1.29 is 13.9 Å². The zero-order valence-corrected chi connectivity index (χ0v) is 22.1. The molecule has 1 saturated heterocycles. The summed E-state index contributed by atoms with van der Waals surface area (Å²) in [5.41, 5.74) is 10.3. The van der Waals surface area contributed by atoms with Crippen LogP contribution in [0.15, 0.2) is 65.5 Å². The maximum Gasteiger partial charge on any atom is 0.288 e. The Morgan fingerprint density at radius 1 is 0.974 bits per heavy atom. The second-order valence-corrected chi connectivity index (χ2v) is 8.50. The first-order chi connectivity index (χ1) is 18.5. The van der Waals surface area contributed by atoms with E-state index in [9.17, 15) is 4.79 Å². The molecule has 0 unspecified atom stereocenters. The number of anilines is 4. The first-order valence-electron chi connectivity index (χ1n) is 12.7. The molecule has 10 nitrogen and oxygen atoms in total. The Hall–Kier alpha value is -4.44. The van der Waals surface area contributed by atoms with Gasteiger partial charge in [-0.25, -0.2) is 9.97 Å². The molecule has 0 atom stereocenters. The van der Waals surface area contributed by atoms with E-state index in [0.717, 1.165) is 52.7 Å². The molecule has 10 heteroatoms. The van der Waals surface area contributed by atoms with E-state index in [2.05, 4.69) is 42.1 Å². The van der Waals surface area contributed by atoms with Crippen molar-refractivity contribution in [2.75, 3.05) is 41.9 Å². The maximum absolute atomic E-state index is 12.6. The standard InChI is InChI=1S/C26H27N7O3.C2H6/c1-17-12-19(23-4-3-9-36-23)14-21(13-17)29-20-5-6-22(27-16-20)25(34)31-32-26-28-15-18(2)24(30-26)33-7-10-35-11-8-33;1-2/h3-6,9,12-16,29H,7-8,10-11H2,1-2H3,(H,31,34)(H,28,30,32);1-2H3. The van der Waals surface area contributed by atoms with Gasteiger partial charge in [-0.15, -0.1) is 0 Å². The van der Waals surface area contributed by atoms with Gasteiger partial charge in [0.05, 0.1) is 31.4 Å². The molecule has 3 N–H and O–H groups in total. The minimum atomic E-state index is -0.394. The van der Waals surface area contributed by atoms with Crippen molar-refractivity contribution >= 4 is 29.0 Å². The van der Waals surface area contributed by atoms with Gasteiger partial charge in [-0.1, -0.05) is 13.8 Å². The molecule has 1 amide bonds. The molecule has 1 fully saturated rings. The van der Waals surface area contributed by atoms with Crippen LogP contribution in [0.5, 0.6) is 0 Å². The number of pyridine rings is 1. The van der Waals surface area contributed by atoms with Gasteiger partial charge in [0.1, 0.15) is 17.3 Å². The minimum absolute atomic E-state index is 0.258. The molecule has 4 aromatic rings. The molecule has 0 aliphatic carbocycles. The zero-order valence-electron chi connectivity index (χ0n) is 22.1. The molecule has 0 radical (unpaired) electrons. The van der Waals surface area contributed by atoms with Gasteiger partial charge in [0.25, 0.3) is 5.91 Å². The van der Waals surface area contributed by atoms with Gasteiger partial charge in [-0.3, -0.25) is 15.6 Å². The predicted octanol–water partition coefficient (Wildman–Crippen LogP) is 5.11. The fourth-order valence-corrected chi connectivity index (χ4v) is 3.97. The summed E-state index contributed by atoms with van der Waals surface area (Å²) < 4.78 is 10.9. The number of carbonyl (C=O) groups is 1. The number of benzene rings is 1. The number of hydrogen-bond donors (Lipinski definition) is 3. The molecule has 1 aliphatic rings. The monoisotopic (exact) mass is 515 g/mol. The average molecular weight is 516 g/mol. The fourth-order valence-electron chi connectivity index (χ4n) is 3.97. The van der Waals surface area contributed by atoms with Gasteiger partial charge < -0.3 is 19.4 Å². The van der Waals surface area contributed by atoms with Crippen LogP contribution in [-0.2, 0) is 4.74 Å². The lowest BCUT2D eigenvalue weighted by molar-refractivity contribution is 0.0957. The zero-order chi connectivity index (χ0) is 26.9. The van der Waals surface area contributed by atoms with E-state index in [-0.39, 0.29) is 5.69 Å². The van der Waals surface area contributed by atoms with Crippen LogP contribution < -0.4 is 21.1 Å². The molecule has 4 heterocycles. The van der Waals surface area contributed by atoms with Crippen LogP contribution in [0.25, 0.3) is 11.3 Å². The van der Waals surface area contributed by atoms with E-state index >= 15 is 0 Å². The Bertz CT molecular complexity index is 1340. The third-order valence-electron chi connectivity index (χ3n) is 5.71. The van der Waals surface area contributed by atoms with E-state index in [1.54, 1.807) is 30.8 Å². The largest absolute Gasteiger partial charge is 0.464 e. The second kappa shape index (κ2) is 12.7. The van der Waals surface area contributed by atoms with Crippen LogP contribution in [0, 0.1) is 13.8 Å². The number of furan rings is 1. The Balaban J connectivity index is 0.00000164. The highest BCUT2D eigenvalue weighted by Gasteiger charge is 2.16. The summed E-state index contributed by atoms with van der Waals surface area (Å²) >= 11 is 0. The lowest BCUT2D eigenvalue weighted by atomic mass is 10.1. The SMILES string of the molecule is CC.Cc1cc(Nc2ccc(C(=O)NNc3ncc(C)c(N4CCOCC4)n3)nc2)cc(-c2ccco2)c1. The van der Waals surface area contributed by atoms with E-state index in [1.165, 1.54) is 0 Å². The Kier molecular flexibility index (Phi) is 8.89. The molecule has 38 heavy (non-hydrogen) atoms. The number of carbonyl (C=O) groups excluding carboxylic acids is 1. The summed E-state index contributed by atoms with van der Waals surface area (Å²) in [5, 5.41) is 3.33. The van der Waals surface area contributed by atoms with Crippen LogP contribution in [0.2, 0.25) is 0 Å². The molecule has 0 bridgehead atoms. The Morgan fingerprint density at radius 3 is 2.50 bits per heavy atom. The van der Waals surface area contributed by atoms with E-state index in [0.29, 0.717) is 19.2 Å². The summed E-state index contributed by atoms with van der Waals surface area (Å²) in [7, 11) is 0. The number of morpholine rings is 1. The van der Waals surface area contributed by atoms with Crippen LogP contribution in [-0.4, -0.2) is 47.2 Å². The van der Waals surface area contributed by atoms with E-state index in [1.807, 2.05) is 52.0 Å². The minimum Gasteiger partial charge on any atom is -0.464 e. The number of amides is 1. The normalized spacial score (nSPS) is 12.8. The van der Waals surface area contributed by atoms with Crippen LogP contribution in [0.1, 0.15) is 35.5 Å². The number of aromatic nitrogens is 3. The molecule has 0 saturated carbocycles. The van der Waals surface area contributed by atoms with E-state index < -0.39 is 5.91 Å². The van der Waals surface area contributed by atoms with Crippen molar-refractivity contribution in [1.29, 1.82) is 0 Å². The molecular formula is C28H33N7O3. The van der Waals surface area contributed by atoms with Crippen molar-refractivity contribution in [1.82, 2.24) is 20.4 Å². The molecule has 198 valence electrons. The summed E-state index contributed by atoms with van der Waals surface area (Å²) in [6.45, 7) is 10.8. The lowest BCUT2D eigenvalue weighted by Crippen LogP contribution is -2.37. The number of hydrazine groups is 1. The number of aryl methyl sites for hydroxylation is 2. The van der Waals surface area contributed by atoms with Crippen molar-refractivity contribution in [2.45, 2.75) is 27.7 Å². The maximum atomic E-state index is 12.6.